The van der Waals surface area contributed by atoms with Crippen molar-refractivity contribution in [2.45, 2.75) is 13.3 Å². The molecule has 0 radical (unpaired) electrons. The van der Waals surface area contributed by atoms with E-state index in [1.807, 2.05) is 26.1 Å². The number of hydrogen-bond donors (Lipinski definition) is 1. The summed E-state index contributed by atoms with van der Waals surface area (Å²) in [5, 5.41) is 9.19. The normalized spacial score (nSPS) is 17.6. The predicted octanol–water partition coefficient (Wildman–Crippen LogP) is 2.48. The van der Waals surface area contributed by atoms with Crippen molar-refractivity contribution in [3.05, 3.63) is 47.8 Å². The van der Waals surface area contributed by atoms with E-state index in [1.165, 1.54) is 0 Å². The number of aliphatic hydroxyl groups excluding tert-OH is 1. The summed E-state index contributed by atoms with van der Waals surface area (Å²) in [4.78, 5) is 8.80. The first-order valence-corrected chi connectivity index (χ1v) is 6.36. The first-order valence-electron chi connectivity index (χ1n) is 6.36. The SMILES string of the molecule is C=C1C(CCO)=C(C)N=C2N(C)c3ccccc3N12. The zero-order chi connectivity index (χ0) is 13.6. The molecule has 2 aliphatic heterocycles. The quantitative estimate of drug-likeness (QED) is 0.882. The highest BCUT2D eigenvalue weighted by Crippen LogP contribution is 2.42. The van der Waals surface area contributed by atoms with E-state index in [0.29, 0.717) is 6.42 Å². The molecule has 4 nitrogen and oxygen atoms in total. The molecule has 19 heavy (non-hydrogen) atoms. The largest absolute Gasteiger partial charge is 0.396 e. The number of para-hydroxylation sites is 2. The predicted molar refractivity (Wildman–Crippen MR) is 78.3 cm³/mol. The maximum absolute atomic E-state index is 9.19. The number of nitrogens with zero attached hydrogens (tertiary/aromatic N) is 3. The number of benzene rings is 1. The molecule has 0 spiro atoms. The van der Waals surface area contributed by atoms with Crippen LogP contribution in [0.5, 0.6) is 0 Å². The van der Waals surface area contributed by atoms with E-state index in [-0.39, 0.29) is 6.61 Å². The fourth-order valence-corrected chi connectivity index (χ4v) is 2.69. The van der Waals surface area contributed by atoms with Gasteiger partial charge < -0.3 is 10.0 Å². The van der Waals surface area contributed by atoms with E-state index in [1.54, 1.807) is 0 Å². The lowest BCUT2D eigenvalue weighted by Crippen LogP contribution is -2.38. The molecule has 1 aromatic rings. The second-order valence-corrected chi connectivity index (χ2v) is 4.78. The van der Waals surface area contributed by atoms with Gasteiger partial charge in [-0.3, -0.25) is 4.90 Å². The standard InChI is InChI=1S/C15H17N3O/c1-10-12(8-9-19)11(2)18-14-7-5-4-6-13(14)17(3)15(18)16-10/h4-7,19H,2,8-9H2,1,3H3. The van der Waals surface area contributed by atoms with Crippen LogP contribution in [-0.2, 0) is 0 Å². The minimum atomic E-state index is 0.113. The molecule has 4 heteroatoms. The van der Waals surface area contributed by atoms with Gasteiger partial charge >= 0.3 is 0 Å². The van der Waals surface area contributed by atoms with Gasteiger partial charge in [0.25, 0.3) is 0 Å². The summed E-state index contributed by atoms with van der Waals surface area (Å²) in [6.45, 7) is 6.27. The van der Waals surface area contributed by atoms with Crippen molar-refractivity contribution in [1.29, 1.82) is 0 Å². The molecule has 3 rings (SSSR count). The average Bonchev–Trinajstić information content (AvgIpc) is 2.69. The summed E-state index contributed by atoms with van der Waals surface area (Å²) < 4.78 is 0. The molecule has 0 fully saturated rings. The lowest BCUT2D eigenvalue weighted by atomic mass is 10.1. The Morgan fingerprint density at radius 2 is 1.95 bits per heavy atom. The number of anilines is 2. The van der Waals surface area contributed by atoms with E-state index in [9.17, 15) is 5.11 Å². The van der Waals surface area contributed by atoms with E-state index in [0.717, 1.165) is 34.3 Å². The van der Waals surface area contributed by atoms with Crippen molar-refractivity contribution >= 4 is 17.3 Å². The smallest absolute Gasteiger partial charge is 0.215 e. The first kappa shape index (κ1) is 12.0. The highest BCUT2D eigenvalue weighted by molar-refractivity contribution is 6.19. The summed E-state index contributed by atoms with van der Waals surface area (Å²) in [6, 6.07) is 8.17. The van der Waals surface area contributed by atoms with Gasteiger partial charge in [0.2, 0.25) is 5.96 Å². The Morgan fingerprint density at radius 1 is 1.26 bits per heavy atom. The van der Waals surface area contributed by atoms with E-state index >= 15 is 0 Å². The molecule has 2 aliphatic rings. The van der Waals surface area contributed by atoms with Crippen molar-refractivity contribution in [2.75, 3.05) is 23.5 Å². The Labute approximate surface area is 113 Å². The Bertz CT molecular complexity index is 616. The fraction of sp³-hybridized carbons (Fsp3) is 0.267. The second kappa shape index (κ2) is 4.24. The Hall–Kier alpha value is -2.07. The lowest BCUT2D eigenvalue weighted by molar-refractivity contribution is 0.299. The molecular weight excluding hydrogens is 238 g/mol. The number of aliphatic imine (C=N–C) groups is 1. The molecule has 1 N–H and O–H groups in total. The average molecular weight is 255 g/mol. The molecule has 0 saturated carbocycles. The Morgan fingerprint density at radius 3 is 2.63 bits per heavy atom. The van der Waals surface area contributed by atoms with Crippen molar-refractivity contribution in [3.63, 3.8) is 0 Å². The number of hydrogen-bond acceptors (Lipinski definition) is 4. The lowest BCUT2D eigenvalue weighted by Gasteiger charge is -2.29. The maximum Gasteiger partial charge on any atom is 0.215 e. The summed E-state index contributed by atoms with van der Waals surface area (Å²) in [5.74, 6) is 0.880. The van der Waals surface area contributed by atoms with Gasteiger partial charge in [-0.2, -0.15) is 0 Å². The van der Waals surface area contributed by atoms with Crippen LogP contribution in [-0.4, -0.2) is 24.7 Å². The third kappa shape index (κ3) is 1.60. The van der Waals surface area contributed by atoms with Crippen LogP contribution in [0, 0.1) is 0 Å². The summed E-state index contributed by atoms with van der Waals surface area (Å²) in [6.07, 6.45) is 0.587. The Kier molecular flexibility index (Phi) is 2.68. The van der Waals surface area contributed by atoms with Crippen LogP contribution in [0.3, 0.4) is 0 Å². The highest BCUT2D eigenvalue weighted by atomic mass is 16.3. The van der Waals surface area contributed by atoms with Crippen molar-refractivity contribution in [3.8, 4) is 0 Å². The monoisotopic (exact) mass is 255 g/mol. The molecule has 98 valence electrons. The zero-order valence-electron chi connectivity index (χ0n) is 11.2. The van der Waals surface area contributed by atoms with Gasteiger partial charge in [-0.1, -0.05) is 18.7 Å². The van der Waals surface area contributed by atoms with Crippen molar-refractivity contribution in [2.24, 2.45) is 4.99 Å². The van der Waals surface area contributed by atoms with Crippen LogP contribution in [0.1, 0.15) is 13.3 Å². The summed E-state index contributed by atoms with van der Waals surface area (Å²) >= 11 is 0. The summed E-state index contributed by atoms with van der Waals surface area (Å²) in [7, 11) is 2.01. The number of aliphatic hydroxyl groups is 1. The molecule has 0 amide bonds. The topological polar surface area (TPSA) is 39.1 Å². The van der Waals surface area contributed by atoms with Crippen molar-refractivity contribution in [1.82, 2.24) is 0 Å². The van der Waals surface area contributed by atoms with Crippen molar-refractivity contribution < 1.29 is 5.11 Å². The minimum absolute atomic E-state index is 0.113. The second-order valence-electron chi connectivity index (χ2n) is 4.78. The molecule has 0 atom stereocenters. The van der Waals surface area contributed by atoms with Crippen LogP contribution in [0.25, 0.3) is 0 Å². The van der Waals surface area contributed by atoms with E-state index in [2.05, 4.69) is 33.5 Å². The molecule has 0 unspecified atom stereocenters. The van der Waals surface area contributed by atoms with Crippen LogP contribution >= 0.6 is 0 Å². The third-order valence-electron chi connectivity index (χ3n) is 3.67. The van der Waals surface area contributed by atoms with E-state index in [4.69, 9.17) is 0 Å². The van der Waals surface area contributed by atoms with Crippen LogP contribution in [0.2, 0.25) is 0 Å². The molecule has 1 aromatic carbocycles. The van der Waals surface area contributed by atoms with Crippen LogP contribution < -0.4 is 9.80 Å². The van der Waals surface area contributed by atoms with Gasteiger partial charge in [0.1, 0.15) is 0 Å². The summed E-state index contributed by atoms with van der Waals surface area (Å²) in [5.41, 5.74) is 5.09. The first-order chi connectivity index (χ1) is 9.15. The van der Waals surface area contributed by atoms with E-state index < -0.39 is 0 Å². The molecular formula is C15H17N3O. The molecule has 0 saturated heterocycles. The molecule has 2 heterocycles. The third-order valence-corrected chi connectivity index (χ3v) is 3.67. The molecule has 0 aliphatic carbocycles. The van der Waals surface area contributed by atoms with Gasteiger partial charge in [0.15, 0.2) is 0 Å². The van der Waals surface area contributed by atoms with Crippen LogP contribution in [0.4, 0.5) is 11.4 Å². The zero-order valence-corrected chi connectivity index (χ0v) is 11.2. The number of fused-ring (bicyclic) bond motifs is 3. The maximum atomic E-state index is 9.19. The number of rotatable bonds is 2. The van der Waals surface area contributed by atoms with Gasteiger partial charge in [0, 0.05) is 25.0 Å². The number of allylic oxidation sites excluding steroid dienone is 2. The number of guanidine groups is 1. The van der Waals surface area contributed by atoms with Gasteiger partial charge in [0.05, 0.1) is 11.4 Å². The Balaban J connectivity index is 2.14. The highest BCUT2D eigenvalue weighted by Gasteiger charge is 2.35. The molecule has 0 bridgehead atoms. The van der Waals surface area contributed by atoms with Gasteiger partial charge in [-0.05, 0) is 31.1 Å². The van der Waals surface area contributed by atoms with Gasteiger partial charge in [-0.25, -0.2) is 4.99 Å². The minimum Gasteiger partial charge on any atom is -0.396 e. The molecule has 0 aromatic heterocycles. The van der Waals surface area contributed by atoms with Crippen LogP contribution in [0.15, 0.2) is 52.8 Å². The van der Waals surface area contributed by atoms with Gasteiger partial charge in [-0.15, -0.1) is 0 Å². The fourth-order valence-electron chi connectivity index (χ4n) is 2.69.